The fraction of sp³-hybridized carbons (Fsp3) is 0.118. The Balaban J connectivity index is 1.89. The third kappa shape index (κ3) is 6.16. The lowest BCUT2D eigenvalue weighted by Gasteiger charge is -2.06. The van der Waals surface area contributed by atoms with E-state index in [1.165, 1.54) is 0 Å². The maximum atomic E-state index is 12.0. The van der Waals surface area contributed by atoms with Crippen LogP contribution in [0.15, 0.2) is 52.0 Å². The summed E-state index contributed by atoms with van der Waals surface area (Å²) in [6.07, 6.45) is 0.0286. The molecule has 0 aromatic heterocycles. The molecule has 8 heteroatoms. The Morgan fingerprint density at radius 3 is 2.40 bits per heavy atom. The van der Waals surface area contributed by atoms with Gasteiger partial charge in [0.2, 0.25) is 5.91 Å². The van der Waals surface area contributed by atoms with Gasteiger partial charge in [-0.2, -0.15) is 5.10 Å². The predicted molar refractivity (Wildman–Crippen MR) is 104 cm³/mol. The van der Waals surface area contributed by atoms with Crippen molar-refractivity contribution in [3.63, 3.8) is 0 Å². The quantitative estimate of drug-likeness (QED) is 0.511. The number of rotatable bonds is 5. The molecule has 0 aliphatic carbocycles. The van der Waals surface area contributed by atoms with Crippen molar-refractivity contribution >= 4 is 62.3 Å². The summed E-state index contributed by atoms with van der Waals surface area (Å²) in [6.45, 7) is 1.65. The second-order valence-corrected chi connectivity index (χ2v) is 6.88. The second-order valence-electron chi connectivity index (χ2n) is 5.15. The molecule has 0 saturated heterocycles. The van der Waals surface area contributed by atoms with Gasteiger partial charge in [-0.1, -0.05) is 39.1 Å². The maximum Gasteiger partial charge on any atom is 0.271 e. The average Bonchev–Trinajstić information content (AvgIpc) is 2.56. The largest absolute Gasteiger partial charge is 0.326 e. The molecule has 2 N–H and O–H groups in total. The Morgan fingerprint density at radius 1 is 1.08 bits per heavy atom. The molecule has 0 bridgehead atoms. The normalized spacial score (nSPS) is 11.1. The van der Waals surface area contributed by atoms with Crippen molar-refractivity contribution in [1.29, 1.82) is 0 Å². The third-order valence-electron chi connectivity index (χ3n) is 3.07. The maximum absolute atomic E-state index is 12.0. The number of halogens is 3. The summed E-state index contributed by atoms with van der Waals surface area (Å²) in [6, 6.07) is 11.7. The standard InChI is InChI=1S/C17H14BrCl2N3O2/c1-10(22-23-17(25)11-2-4-12(18)5-3-11)8-16(24)21-13-6-7-14(19)15(20)9-13/h2-7,9H,8H2,1H3,(H,21,24)(H,23,25). The Labute approximate surface area is 163 Å². The molecular weight excluding hydrogens is 429 g/mol. The summed E-state index contributed by atoms with van der Waals surface area (Å²) < 4.78 is 0.878. The molecule has 0 radical (unpaired) electrons. The lowest BCUT2D eigenvalue weighted by molar-refractivity contribution is -0.115. The van der Waals surface area contributed by atoms with Gasteiger partial charge in [0, 0.05) is 21.4 Å². The zero-order valence-corrected chi connectivity index (χ0v) is 16.2. The zero-order valence-electron chi connectivity index (χ0n) is 13.1. The van der Waals surface area contributed by atoms with Crippen LogP contribution in [0.1, 0.15) is 23.7 Å². The summed E-state index contributed by atoms with van der Waals surface area (Å²) in [4.78, 5) is 23.9. The Hall–Kier alpha value is -1.89. The fourth-order valence-electron chi connectivity index (χ4n) is 1.86. The molecule has 0 fully saturated rings. The highest BCUT2D eigenvalue weighted by atomic mass is 79.9. The van der Waals surface area contributed by atoms with Crippen LogP contribution in [-0.4, -0.2) is 17.5 Å². The zero-order chi connectivity index (χ0) is 18.4. The van der Waals surface area contributed by atoms with Crippen LogP contribution >= 0.6 is 39.1 Å². The topological polar surface area (TPSA) is 70.6 Å². The van der Waals surface area contributed by atoms with E-state index in [9.17, 15) is 9.59 Å². The highest BCUT2D eigenvalue weighted by Gasteiger charge is 2.08. The average molecular weight is 443 g/mol. The van der Waals surface area contributed by atoms with E-state index in [1.807, 2.05) is 0 Å². The van der Waals surface area contributed by atoms with Crippen LogP contribution in [0, 0.1) is 0 Å². The van der Waals surface area contributed by atoms with Crippen LogP contribution in [-0.2, 0) is 4.79 Å². The molecular formula is C17H14BrCl2N3O2. The molecule has 0 spiro atoms. The van der Waals surface area contributed by atoms with E-state index in [0.29, 0.717) is 27.0 Å². The number of hydrogen-bond donors (Lipinski definition) is 2. The van der Waals surface area contributed by atoms with E-state index >= 15 is 0 Å². The summed E-state index contributed by atoms with van der Waals surface area (Å²) >= 11 is 15.0. The Morgan fingerprint density at radius 2 is 1.76 bits per heavy atom. The minimum atomic E-state index is -0.350. The first-order valence-corrected chi connectivity index (χ1v) is 8.74. The molecule has 2 aromatic carbocycles. The number of benzene rings is 2. The molecule has 0 aliphatic rings. The van der Waals surface area contributed by atoms with Crippen molar-refractivity contribution in [3.05, 3.63) is 62.5 Å². The number of carbonyl (C=O) groups excluding carboxylic acids is 2. The number of hydrogen-bond acceptors (Lipinski definition) is 3. The van der Waals surface area contributed by atoms with Crippen LogP contribution in [0.3, 0.4) is 0 Å². The molecule has 0 heterocycles. The van der Waals surface area contributed by atoms with Gasteiger partial charge in [0.25, 0.3) is 5.91 Å². The van der Waals surface area contributed by atoms with Crippen LogP contribution in [0.4, 0.5) is 5.69 Å². The van der Waals surface area contributed by atoms with Gasteiger partial charge in [-0.15, -0.1) is 0 Å². The lowest BCUT2D eigenvalue weighted by Crippen LogP contribution is -2.21. The van der Waals surface area contributed by atoms with Gasteiger partial charge >= 0.3 is 0 Å². The fourth-order valence-corrected chi connectivity index (χ4v) is 2.43. The minimum Gasteiger partial charge on any atom is -0.326 e. The molecule has 0 unspecified atom stereocenters. The van der Waals surface area contributed by atoms with E-state index in [4.69, 9.17) is 23.2 Å². The number of hydrazone groups is 1. The van der Waals surface area contributed by atoms with Crippen molar-refractivity contribution in [2.45, 2.75) is 13.3 Å². The highest BCUT2D eigenvalue weighted by Crippen LogP contribution is 2.25. The van der Waals surface area contributed by atoms with Crippen LogP contribution in [0.5, 0.6) is 0 Å². The molecule has 0 atom stereocenters. The SMILES string of the molecule is CC(CC(=O)Nc1ccc(Cl)c(Cl)c1)=NNC(=O)c1ccc(Br)cc1. The first-order chi connectivity index (χ1) is 11.8. The van der Waals surface area contributed by atoms with Crippen molar-refractivity contribution < 1.29 is 9.59 Å². The van der Waals surface area contributed by atoms with Crippen LogP contribution < -0.4 is 10.7 Å². The molecule has 0 aliphatic heterocycles. The molecule has 2 amide bonds. The van der Waals surface area contributed by atoms with Gasteiger partial charge in [-0.05, 0) is 49.4 Å². The van der Waals surface area contributed by atoms with Crippen LogP contribution in [0.25, 0.3) is 0 Å². The lowest BCUT2D eigenvalue weighted by atomic mass is 10.2. The Kier molecular flexibility index (Phi) is 6.99. The van der Waals surface area contributed by atoms with Crippen molar-refractivity contribution in [3.8, 4) is 0 Å². The van der Waals surface area contributed by atoms with E-state index < -0.39 is 0 Å². The smallest absolute Gasteiger partial charge is 0.271 e. The number of anilines is 1. The van der Waals surface area contributed by atoms with Crippen molar-refractivity contribution in [1.82, 2.24) is 5.43 Å². The van der Waals surface area contributed by atoms with Crippen molar-refractivity contribution in [2.24, 2.45) is 5.10 Å². The van der Waals surface area contributed by atoms with Gasteiger partial charge < -0.3 is 5.32 Å². The van der Waals surface area contributed by atoms with E-state index in [1.54, 1.807) is 49.4 Å². The summed E-state index contributed by atoms with van der Waals surface area (Å²) in [5.74, 6) is -0.630. The first kappa shape index (κ1) is 19.4. The molecule has 2 rings (SSSR count). The molecule has 130 valence electrons. The molecule has 0 saturated carbocycles. The van der Waals surface area contributed by atoms with Gasteiger partial charge in [0.1, 0.15) is 0 Å². The van der Waals surface area contributed by atoms with Crippen molar-refractivity contribution in [2.75, 3.05) is 5.32 Å². The van der Waals surface area contributed by atoms with E-state index in [-0.39, 0.29) is 18.2 Å². The van der Waals surface area contributed by atoms with Crippen LogP contribution in [0.2, 0.25) is 10.0 Å². The van der Waals surface area contributed by atoms with Gasteiger partial charge in [0.05, 0.1) is 16.5 Å². The highest BCUT2D eigenvalue weighted by molar-refractivity contribution is 9.10. The first-order valence-electron chi connectivity index (χ1n) is 7.19. The number of nitrogens with one attached hydrogen (secondary N) is 2. The second kappa shape index (κ2) is 8.99. The molecule has 5 nitrogen and oxygen atoms in total. The number of nitrogens with zero attached hydrogens (tertiary/aromatic N) is 1. The minimum absolute atomic E-state index is 0.0286. The Bertz CT molecular complexity index is 823. The monoisotopic (exact) mass is 441 g/mol. The number of amides is 2. The summed E-state index contributed by atoms with van der Waals surface area (Å²) in [5.41, 5.74) is 3.89. The molecule has 25 heavy (non-hydrogen) atoms. The summed E-state index contributed by atoms with van der Waals surface area (Å²) in [5, 5.41) is 7.38. The predicted octanol–water partition coefficient (Wildman–Crippen LogP) is 4.89. The summed E-state index contributed by atoms with van der Waals surface area (Å²) in [7, 11) is 0. The van der Waals surface area contributed by atoms with Gasteiger partial charge in [-0.25, -0.2) is 5.43 Å². The molecule has 2 aromatic rings. The van der Waals surface area contributed by atoms with E-state index in [2.05, 4.69) is 31.8 Å². The number of carbonyl (C=O) groups is 2. The van der Waals surface area contributed by atoms with Gasteiger partial charge in [0.15, 0.2) is 0 Å². The third-order valence-corrected chi connectivity index (χ3v) is 4.34. The van der Waals surface area contributed by atoms with E-state index in [0.717, 1.165) is 4.47 Å². The van der Waals surface area contributed by atoms with Gasteiger partial charge in [-0.3, -0.25) is 9.59 Å².